The SMILES string of the molecule is Cc1cccc(-c2cc3[nH]c(=O)n(-c4cncc5ccccc45)c(=O)c3s2)c1Cl. The van der Waals surface area contributed by atoms with Crippen molar-refractivity contribution in [3.63, 3.8) is 0 Å². The third kappa shape index (κ3) is 2.80. The number of pyridine rings is 1. The second-order valence-corrected chi connectivity index (χ2v) is 8.17. The van der Waals surface area contributed by atoms with E-state index in [1.807, 2.05) is 49.4 Å². The van der Waals surface area contributed by atoms with Crippen LogP contribution in [-0.4, -0.2) is 14.5 Å². The van der Waals surface area contributed by atoms with Crippen molar-refractivity contribution in [3.8, 4) is 16.1 Å². The van der Waals surface area contributed by atoms with Gasteiger partial charge in [-0.3, -0.25) is 9.78 Å². The highest BCUT2D eigenvalue weighted by atomic mass is 35.5. The summed E-state index contributed by atoms with van der Waals surface area (Å²) in [5, 5.41) is 2.28. The normalized spacial score (nSPS) is 11.4. The number of fused-ring (bicyclic) bond motifs is 2. The fraction of sp³-hybridized carbons (Fsp3) is 0.0455. The second-order valence-electron chi connectivity index (χ2n) is 6.74. The molecule has 0 bridgehead atoms. The molecule has 0 aliphatic heterocycles. The molecular weight excluding hydrogens is 406 g/mol. The number of halogens is 1. The van der Waals surface area contributed by atoms with E-state index in [-0.39, 0.29) is 5.56 Å². The van der Waals surface area contributed by atoms with E-state index in [0.29, 0.717) is 20.9 Å². The van der Waals surface area contributed by atoms with Crippen LogP contribution in [0.5, 0.6) is 0 Å². The van der Waals surface area contributed by atoms with Crippen molar-refractivity contribution in [2.75, 3.05) is 0 Å². The molecule has 0 unspecified atom stereocenters. The van der Waals surface area contributed by atoms with Gasteiger partial charge in [-0.15, -0.1) is 11.3 Å². The maximum atomic E-state index is 13.3. The minimum atomic E-state index is -0.500. The molecule has 7 heteroatoms. The second kappa shape index (κ2) is 6.69. The van der Waals surface area contributed by atoms with E-state index >= 15 is 0 Å². The summed E-state index contributed by atoms with van der Waals surface area (Å²) in [5.41, 5.74) is 1.88. The van der Waals surface area contributed by atoms with Gasteiger partial charge >= 0.3 is 5.69 Å². The summed E-state index contributed by atoms with van der Waals surface area (Å²) in [4.78, 5) is 34.0. The van der Waals surface area contributed by atoms with Crippen LogP contribution in [0.2, 0.25) is 5.02 Å². The van der Waals surface area contributed by atoms with Gasteiger partial charge in [-0.25, -0.2) is 9.36 Å². The topological polar surface area (TPSA) is 67.8 Å². The van der Waals surface area contributed by atoms with Crippen molar-refractivity contribution in [2.45, 2.75) is 6.92 Å². The van der Waals surface area contributed by atoms with E-state index in [2.05, 4.69) is 9.97 Å². The lowest BCUT2D eigenvalue weighted by Crippen LogP contribution is -2.33. The molecule has 142 valence electrons. The van der Waals surface area contributed by atoms with Gasteiger partial charge in [0.15, 0.2) is 0 Å². The first kappa shape index (κ1) is 17.8. The van der Waals surface area contributed by atoms with Gasteiger partial charge in [-0.05, 0) is 18.6 Å². The average Bonchev–Trinajstić information content (AvgIpc) is 3.14. The quantitative estimate of drug-likeness (QED) is 0.441. The standard InChI is InChI=1S/C22H14ClN3O2S/c1-12-5-4-8-15(19(12)23)18-9-16-20(29-18)21(27)26(22(28)25-16)17-11-24-10-13-6-2-3-7-14(13)17/h2-11H,1H3,(H,25,28). The van der Waals surface area contributed by atoms with Gasteiger partial charge in [0.1, 0.15) is 4.70 Å². The molecule has 0 fully saturated rings. The summed E-state index contributed by atoms with van der Waals surface area (Å²) in [6.45, 7) is 1.93. The fourth-order valence-corrected chi connectivity index (χ4v) is 4.83. The molecule has 5 rings (SSSR count). The molecule has 5 nitrogen and oxygen atoms in total. The zero-order valence-electron chi connectivity index (χ0n) is 15.3. The Bertz CT molecular complexity index is 1530. The third-order valence-corrected chi connectivity index (χ3v) is 6.58. The summed E-state index contributed by atoms with van der Waals surface area (Å²) in [5.74, 6) is 0. The van der Waals surface area contributed by atoms with Crippen LogP contribution in [-0.2, 0) is 0 Å². The zero-order valence-corrected chi connectivity index (χ0v) is 16.8. The lowest BCUT2D eigenvalue weighted by atomic mass is 10.1. The van der Waals surface area contributed by atoms with Gasteiger partial charge in [0, 0.05) is 27.4 Å². The average molecular weight is 420 g/mol. The summed E-state index contributed by atoms with van der Waals surface area (Å²) in [6.07, 6.45) is 3.25. The number of nitrogens with zero attached hydrogens (tertiary/aromatic N) is 2. The first-order valence-electron chi connectivity index (χ1n) is 8.92. The molecule has 5 aromatic rings. The van der Waals surface area contributed by atoms with Gasteiger partial charge in [-0.1, -0.05) is 54.1 Å². The van der Waals surface area contributed by atoms with Crippen molar-refractivity contribution in [1.29, 1.82) is 0 Å². The number of hydrogen-bond acceptors (Lipinski definition) is 4. The lowest BCUT2D eigenvalue weighted by Gasteiger charge is -2.07. The number of hydrogen-bond donors (Lipinski definition) is 1. The van der Waals surface area contributed by atoms with Gasteiger partial charge in [0.25, 0.3) is 5.56 Å². The van der Waals surface area contributed by atoms with Crippen LogP contribution in [0.4, 0.5) is 0 Å². The molecule has 0 atom stereocenters. The highest BCUT2D eigenvalue weighted by Gasteiger charge is 2.17. The number of aromatic nitrogens is 3. The van der Waals surface area contributed by atoms with Crippen LogP contribution in [0, 0.1) is 6.92 Å². The Morgan fingerprint density at radius 3 is 2.76 bits per heavy atom. The Hall–Kier alpha value is -3.22. The Kier molecular flexibility index (Phi) is 4.12. The zero-order chi connectivity index (χ0) is 20.1. The lowest BCUT2D eigenvalue weighted by molar-refractivity contribution is 0.905. The van der Waals surface area contributed by atoms with Crippen LogP contribution in [0.1, 0.15) is 5.56 Å². The number of H-pyrrole nitrogens is 1. The Morgan fingerprint density at radius 2 is 1.90 bits per heavy atom. The van der Waals surface area contributed by atoms with Crippen LogP contribution >= 0.6 is 22.9 Å². The maximum absolute atomic E-state index is 13.3. The van der Waals surface area contributed by atoms with E-state index in [9.17, 15) is 9.59 Å². The molecule has 3 aromatic heterocycles. The molecule has 0 spiro atoms. The van der Waals surface area contributed by atoms with Crippen LogP contribution < -0.4 is 11.2 Å². The number of rotatable bonds is 2. The molecule has 0 aliphatic carbocycles. The Balaban J connectivity index is 1.80. The van der Waals surface area contributed by atoms with Gasteiger partial charge < -0.3 is 4.98 Å². The highest BCUT2D eigenvalue weighted by molar-refractivity contribution is 7.22. The van der Waals surface area contributed by atoms with E-state index in [4.69, 9.17) is 11.6 Å². The highest BCUT2D eigenvalue weighted by Crippen LogP contribution is 2.36. The largest absolute Gasteiger partial charge is 0.333 e. The number of benzene rings is 2. The maximum Gasteiger partial charge on any atom is 0.333 e. The minimum absolute atomic E-state index is 0.373. The molecule has 0 saturated carbocycles. The number of nitrogens with one attached hydrogen (secondary N) is 1. The van der Waals surface area contributed by atoms with E-state index in [1.165, 1.54) is 17.5 Å². The molecule has 0 aliphatic rings. The monoisotopic (exact) mass is 419 g/mol. The Morgan fingerprint density at radius 1 is 1.07 bits per heavy atom. The molecule has 2 aromatic carbocycles. The molecule has 0 amide bonds. The first-order chi connectivity index (χ1) is 14.0. The molecule has 0 radical (unpaired) electrons. The smallest absolute Gasteiger partial charge is 0.306 e. The number of aromatic amines is 1. The van der Waals surface area contributed by atoms with E-state index in [0.717, 1.165) is 31.3 Å². The van der Waals surface area contributed by atoms with Crippen molar-refractivity contribution in [3.05, 3.63) is 92.3 Å². The van der Waals surface area contributed by atoms with Gasteiger partial charge in [0.2, 0.25) is 0 Å². The van der Waals surface area contributed by atoms with Crippen LogP contribution in [0.15, 0.2) is 70.5 Å². The molecule has 3 heterocycles. The summed E-state index contributed by atoms with van der Waals surface area (Å²) in [7, 11) is 0. The molecule has 29 heavy (non-hydrogen) atoms. The van der Waals surface area contributed by atoms with Crippen LogP contribution in [0.25, 0.3) is 37.1 Å². The van der Waals surface area contributed by atoms with Crippen molar-refractivity contribution in [1.82, 2.24) is 14.5 Å². The minimum Gasteiger partial charge on any atom is -0.306 e. The molecule has 1 N–H and O–H groups in total. The molecule has 0 saturated heterocycles. The van der Waals surface area contributed by atoms with Gasteiger partial charge in [-0.2, -0.15) is 0 Å². The summed E-state index contributed by atoms with van der Waals surface area (Å²) >= 11 is 7.78. The van der Waals surface area contributed by atoms with E-state index in [1.54, 1.807) is 12.3 Å². The first-order valence-corrected chi connectivity index (χ1v) is 10.1. The summed E-state index contributed by atoms with van der Waals surface area (Å²) in [6, 6.07) is 15.1. The summed E-state index contributed by atoms with van der Waals surface area (Å²) < 4.78 is 1.61. The molecular formula is C22H14ClN3O2S. The third-order valence-electron chi connectivity index (χ3n) is 4.92. The van der Waals surface area contributed by atoms with Crippen molar-refractivity contribution in [2.24, 2.45) is 0 Å². The predicted octanol–water partition coefficient (Wildman–Crippen LogP) is 4.92. The predicted molar refractivity (Wildman–Crippen MR) is 119 cm³/mol. The number of thiophene rings is 1. The van der Waals surface area contributed by atoms with Crippen LogP contribution in [0.3, 0.4) is 0 Å². The van der Waals surface area contributed by atoms with E-state index < -0.39 is 5.69 Å². The number of aryl methyl sites for hydroxylation is 1. The fourth-order valence-electron chi connectivity index (χ4n) is 3.48. The van der Waals surface area contributed by atoms with Gasteiger partial charge in [0.05, 0.1) is 22.4 Å². The van der Waals surface area contributed by atoms with Crippen molar-refractivity contribution >= 4 is 43.9 Å². The Labute approximate surface area is 173 Å². The van der Waals surface area contributed by atoms with Crippen molar-refractivity contribution < 1.29 is 0 Å².